The maximum Gasteiger partial charge on any atom is 0.176 e. The number of ketones is 1. The fourth-order valence-corrected chi connectivity index (χ4v) is 4.18. The van der Waals surface area contributed by atoms with Crippen LogP contribution in [0.15, 0.2) is 18.4 Å². The molecule has 5 unspecified atom stereocenters. The number of Topliss-reactive ketones (excluding diaryl/α,β-unsaturated/α-hetero) is 1. The number of rotatable bonds is 2. The van der Waals surface area contributed by atoms with Gasteiger partial charge in [0.05, 0.1) is 35.6 Å². The zero-order valence-corrected chi connectivity index (χ0v) is 15.3. The van der Waals surface area contributed by atoms with Crippen LogP contribution in [-0.2, 0) is 16.0 Å². The molecule has 7 heteroatoms. The van der Waals surface area contributed by atoms with Gasteiger partial charge in [-0.1, -0.05) is 0 Å². The number of aliphatic hydroxyl groups excluding tert-OH is 2. The van der Waals surface area contributed by atoms with E-state index >= 15 is 0 Å². The maximum atomic E-state index is 13.1. The van der Waals surface area contributed by atoms with Crippen molar-refractivity contribution in [2.45, 2.75) is 63.1 Å². The van der Waals surface area contributed by atoms with E-state index in [0.717, 1.165) is 0 Å². The number of hydrogen-bond donors (Lipinski definition) is 4. The molecule has 1 aromatic rings. The highest BCUT2D eigenvalue weighted by Gasteiger charge is 2.46. The Morgan fingerprint density at radius 1 is 1.19 bits per heavy atom. The van der Waals surface area contributed by atoms with Crippen LogP contribution in [0, 0.1) is 5.92 Å². The molecule has 1 aromatic carbocycles. The summed E-state index contributed by atoms with van der Waals surface area (Å²) in [4.78, 5) is 13.1. The molecule has 0 aromatic heterocycles. The number of phenolic OH excluding ortho intramolecular Hbond substituents is 1. The van der Waals surface area contributed by atoms with E-state index in [9.17, 15) is 25.2 Å². The number of fused-ring (bicyclic) bond motifs is 2. The van der Waals surface area contributed by atoms with Gasteiger partial charge in [-0.25, -0.2) is 0 Å². The molecule has 146 valence electrons. The fraction of sp³-hybridized carbons (Fsp3) is 0.550. The Bertz CT molecular complexity index is 807. The highest BCUT2D eigenvalue weighted by atomic mass is 16.5. The molecule has 0 bridgehead atoms. The number of benzene rings is 1. The molecule has 1 saturated carbocycles. The summed E-state index contributed by atoms with van der Waals surface area (Å²) in [6.07, 6.45) is -0.693. The van der Waals surface area contributed by atoms with Crippen LogP contribution in [0.2, 0.25) is 0 Å². The highest BCUT2D eigenvalue weighted by Crippen LogP contribution is 2.46. The smallest absolute Gasteiger partial charge is 0.176 e. The van der Waals surface area contributed by atoms with Crippen LogP contribution >= 0.6 is 0 Å². The molecule has 5 atom stereocenters. The molecular formula is C20H24O7. The lowest BCUT2D eigenvalue weighted by molar-refractivity contribution is -0.137. The van der Waals surface area contributed by atoms with Gasteiger partial charge in [-0.05, 0) is 26.0 Å². The lowest BCUT2D eigenvalue weighted by Gasteiger charge is -2.39. The number of aromatic hydroxyl groups is 1. The summed E-state index contributed by atoms with van der Waals surface area (Å²) >= 11 is 0. The molecule has 7 nitrogen and oxygen atoms in total. The lowest BCUT2D eigenvalue weighted by Crippen LogP contribution is -2.48. The Morgan fingerprint density at radius 2 is 1.93 bits per heavy atom. The minimum atomic E-state index is -1.12. The van der Waals surface area contributed by atoms with E-state index in [-0.39, 0.29) is 23.5 Å². The van der Waals surface area contributed by atoms with E-state index in [0.29, 0.717) is 29.7 Å². The Hall–Kier alpha value is -2.09. The summed E-state index contributed by atoms with van der Waals surface area (Å²) in [5, 5.41) is 40.6. The number of phenols is 1. The summed E-state index contributed by atoms with van der Waals surface area (Å²) in [6.45, 7) is 3.26. The molecule has 2 heterocycles. The van der Waals surface area contributed by atoms with Crippen molar-refractivity contribution in [3.05, 3.63) is 29.5 Å². The predicted molar refractivity (Wildman–Crippen MR) is 95.1 cm³/mol. The van der Waals surface area contributed by atoms with Gasteiger partial charge in [0, 0.05) is 30.4 Å². The second kappa shape index (κ2) is 6.22. The minimum Gasteiger partial charge on any atom is -0.508 e. The second-order valence-electron chi connectivity index (χ2n) is 8.19. The van der Waals surface area contributed by atoms with Gasteiger partial charge in [-0.2, -0.15) is 0 Å². The summed E-state index contributed by atoms with van der Waals surface area (Å²) in [5.41, 5.74) is 0.149. The first-order valence-corrected chi connectivity index (χ1v) is 9.17. The lowest BCUT2D eigenvalue weighted by atomic mass is 9.76. The van der Waals surface area contributed by atoms with Crippen molar-refractivity contribution in [3.63, 3.8) is 0 Å². The second-order valence-corrected chi connectivity index (χ2v) is 8.19. The van der Waals surface area contributed by atoms with E-state index in [4.69, 9.17) is 9.47 Å². The normalized spacial score (nSPS) is 32.9. The van der Waals surface area contributed by atoms with Gasteiger partial charge in [0.15, 0.2) is 5.78 Å². The third kappa shape index (κ3) is 2.99. The summed E-state index contributed by atoms with van der Waals surface area (Å²) in [6, 6.07) is 3.07. The molecular weight excluding hydrogens is 352 g/mol. The molecule has 3 aliphatic rings. The number of hydrogen-bond acceptors (Lipinski definition) is 7. The fourth-order valence-electron chi connectivity index (χ4n) is 4.18. The Kier molecular flexibility index (Phi) is 4.21. The maximum absolute atomic E-state index is 13.1. The zero-order valence-electron chi connectivity index (χ0n) is 15.3. The van der Waals surface area contributed by atoms with Crippen LogP contribution in [0.3, 0.4) is 0 Å². The van der Waals surface area contributed by atoms with Crippen molar-refractivity contribution in [2.24, 2.45) is 5.92 Å². The van der Waals surface area contributed by atoms with E-state index < -0.39 is 35.9 Å². The van der Waals surface area contributed by atoms with Crippen molar-refractivity contribution in [2.75, 3.05) is 0 Å². The minimum absolute atomic E-state index is 0.0453. The number of aliphatic hydroxyl groups is 3. The topological polar surface area (TPSA) is 116 Å². The van der Waals surface area contributed by atoms with Gasteiger partial charge in [0.25, 0.3) is 0 Å². The molecule has 0 amide bonds. The van der Waals surface area contributed by atoms with Crippen molar-refractivity contribution in [1.82, 2.24) is 0 Å². The van der Waals surface area contributed by atoms with Crippen LogP contribution in [0.1, 0.15) is 37.8 Å². The summed E-state index contributed by atoms with van der Waals surface area (Å²) < 4.78 is 11.6. The molecule has 27 heavy (non-hydrogen) atoms. The molecule has 4 N–H and O–H groups in total. The van der Waals surface area contributed by atoms with Crippen LogP contribution in [0.25, 0.3) is 5.57 Å². The first-order chi connectivity index (χ1) is 12.7. The number of carbonyl (C=O) groups is 1. The first-order valence-electron chi connectivity index (χ1n) is 9.17. The summed E-state index contributed by atoms with van der Waals surface area (Å²) in [7, 11) is 0. The van der Waals surface area contributed by atoms with Crippen molar-refractivity contribution >= 4 is 11.4 Å². The molecule has 0 spiro atoms. The molecule has 4 rings (SSSR count). The number of carbonyl (C=O) groups excluding carboxylic acids is 1. The van der Waals surface area contributed by atoms with E-state index in [1.165, 1.54) is 12.3 Å². The standard InChI is InChI=1S/C20H24O7/c1-20(2,25)16-7-11-13(22)4-3-10(19(11)27-16)12-8-26-15-6-9(21)5-14(23)17(15)18(12)24/h3-4,8-9,14-17,21-23,25H,5-7H2,1-2H3. The van der Waals surface area contributed by atoms with E-state index in [1.54, 1.807) is 19.9 Å². The molecule has 1 fully saturated rings. The Morgan fingerprint density at radius 3 is 2.63 bits per heavy atom. The van der Waals surface area contributed by atoms with Crippen molar-refractivity contribution in [1.29, 1.82) is 0 Å². The van der Waals surface area contributed by atoms with Gasteiger partial charge in [0.2, 0.25) is 0 Å². The Labute approximate surface area is 156 Å². The van der Waals surface area contributed by atoms with Gasteiger partial charge in [-0.15, -0.1) is 0 Å². The molecule has 2 aliphatic heterocycles. The third-order valence-corrected chi connectivity index (χ3v) is 5.73. The average molecular weight is 376 g/mol. The SMILES string of the molecule is CC(C)(O)C1Cc2c(O)ccc(C3=COC4CC(O)CC(O)C4C3=O)c2O1. The van der Waals surface area contributed by atoms with Gasteiger partial charge >= 0.3 is 0 Å². The molecule has 1 aliphatic carbocycles. The van der Waals surface area contributed by atoms with E-state index in [1.807, 2.05) is 0 Å². The first kappa shape index (κ1) is 18.3. The number of ether oxygens (including phenoxy) is 2. The van der Waals surface area contributed by atoms with Crippen LogP contribution < -0.4 is 4.74 Å². The van der Waals surface area contributed by atoms with Gasteiger partial charge in [-0.3, -0.25) is 4.79 Å². The van der Waals surface area contributed by atoms with Gasteiger partial charge in [0.1, 0.15) is 23.7 Å². The van der Waals surface area contributed by atoms with Crippen molar-refractivity contribution in [3.8, 4) is 11.5 Å². The zero-order chi connectivity index (χ0) is 19.5. The highest BCUT2D eigenvalue weighted by molar-refractivity contribution is 6.23. The third-order valence-electron chi connectivity index (χ3n) is 5.73. The molecule has 0 radical (unpaired) electrons. The van der Waals surface area contributed by atoms with Crippen molar-refractivity contribution < 1.29 is 34.7 Å². The number of allylic oxidation sites excluding steroid dienone is 1. The van der Waals surface area contributed by atoms with Crippen LogP contribution in [0.5, 0.6) is 11.5 Å². The predicted octanol–water partition coefficient (Wildman–Crippen LogP) is 0.907. The van der Waals surface area contributed by atoms with Crippen LogP contribution in [0.4, 0.5) is 0 Å². The molecule has 0 saturated heterocycles. The van der Waals surface area contributed by atoms with Crippen LogP contribution in [-0.4, -0.2) is 56.2 Å². The largest absolute Gasteiger partial charge is 0.508 e. The monoisotopic (exact) mass is 376 g/mol. The average Bonchev–Trinajstić information content (AvgIpc) is 3.02. The summed E-state index contributed by atoms with van der Waals surface area (Å²) in [5.74, 6) is -0.615. The van der Waals surface area contributed by atoms with E-state index in [2.05, 4.69) is 0 Å². The van der Waals surface area contributed by atoms with Gasteiger partial charge < -0.3 is 29.9 Å². The Balaban J connectivity index is 1.72. The quantitative estimate of drug-likeness (QED) is 0.606.